The summed E-state index contributed by atoms with van der Waals surface area (Å²) >= 11 is 0. The van der Waals surface area contributed by atoms with Gasteiger partial charge < -0.3 is 25.4 Å². The average molecular weight is 512 g/mol. The van der Waals surface area contributed by atoms with E-state index < -0.39 is 15.9 Å². The van der Waals surface area contributed by atoms with E-state index in [2.05, 4.69) is 15.5 Å². The zero-order valence-corrected chi connectivity index (χ0v) is 21.0. The minimum atomic E-state index is -3.49. The van der Waals surface area contributed by atoms with E-state index in [1.165, 1.54) is 6.26 Å². The molecule has 11 heteroatoms. The van der Waals surface area contributed by atoms with Gasteiger partial charge in [0.2, 0.25) is 0 Å². The van der Waals surface area contributed by atoms with Crippen LogP contribution in [-0.2, 0) is 14.6 Å². The molecular weight excluding hydrogens is 482 g/mol. The molecule has 1 aromatic heterocycles. The number of anilines is 2. The van der Waals surface area contributed by atoms with E-state index in [0.717, 1.165) is 0 Å². The minimum absolute atomic E-state index is 0.0866. The number of benzene rings is 2. The summed E-state index contributed by atoms with van der Waals surface area (Å²) in [5, 5.41) is 14.1. The van der Waals surface area contributed by atoms with Gasteiger partial charge in [-0.2, -0.15) is 0 Å². The second kappa shape index (κ2) is 11.0. The number of aliphatic hydroxyl groups excluding tert-OH is 1. The number of rotatable bonds is 7. The molecule has 2 aromatic carbocycles. The number of ether oxygens (including phenoxy) is 1. The second-order valence-electron chi connectivity index (χ2n) is 8.50. The van der Waals surface area contributed by atoms with Gasteiger partial charge in [-0.3, -0.25) is 0 Å². The van der Waals surface area contributed by atoms with Crippen molar-refractivity contribution >= 4 is 27.4 Å². The fraction of sp³-hybridized carbons (Fsp3) is 0.320. The lowest BCUT2D eigenvalue weighted by atomic mass is 10.1. The van der Waals surface area contributed by atoms with Crippen molar-refractivity contribution in [3.8, 4) is 22.6 Å². The van der Waals surface area contributed by atoms with Crippen molar-refractivity contribution in [3.05, 3.63) is 54.6 Å². The predicted octanol–water partition coefficient (Wildman–Crippen LogP) is 2.55. The molecule has 0 aliphatic carbocycles. The topological polar surface area (TPSA) is 134 Å². The molecule has 10 nitrogen and oxygen atoms in total. The monoisotopic (exact) mass is 511 g/mol. The van der Waals surface area contributed by atoms with Crippen LogP contribution in [0.4, 0.5) is 16.3 Å². The van der Waals surface area contributed by atoms with Crippen molar-refractivity contribution in [1.29, 1.82) is 0 Å². The molecule has 0 spiro atoms. The Kier molecular flexibility index (Phi) is 7.82. The highest BCUT2D eigenvalue weighted by Crippen LogP contribution is 2.31. The first-order valence-electron chi connectivity index (χ1n) is 11.6. The first kappa shape index (κ1) is 25.5. The average Bonchev–Trinajstić information content (AvgIpc) is 2.87. The van der Waals surface area contributed by atoms with Gasteiger partial charge in [-0.25, -0.2) is 23.2 Å². The molecule has 190 valence electrons. The molecule has 1 aliphatic rings. The molecule has 3 N–H and O–H groups in total. The zero-order valence-electron chi connectivity index (χ0n) is 20.1. The Morgan fingerprint density at radius 2 is 1.92 bits per heavy atom. The van der Waals surface area contributed by atoms with Gasteiger partial charge in [-0.1, -0.05) is 18.2 Å². The highest BCUT2D eigenvalue weighted by atomic mass is 32.2. The third-order valence-electron chi connectivity index (χ3n) is 5.74. The molecule has 36 heavy (non-hydrogen) atoms. The molecule has 1 saturated heterocycles. The summed E-state index contributed by atoms with van der Waals surface area (Å²) in [6.45, 7) is 3.84. The molecule has 2 amide bonds. The van der Waals surface area contributed by atoms with Gasteiger partial charge in [0.05, 0.1) is 36.5 Å². The fourth-order valence-electron chi connectivity index (χ4n) is 3.97. The van der Waals surface area contributed by atoms with Crippen molar-refractivity contribution in [2.24, 2.45) is 0 Å². The lowest BCUT2D eigenvalue weighted by molar-refractivity contribution is 0.0985. The van der Waals surface area contributed by atoms with Crippen LogP contribution < -0.4 is 15.5 Å². The summed E-state index contributed by atoms with van der Waals surface area (Å²) in [4.78, 5) is 23.7. The van der Waals surface area contributed by atoms with Gasteiger partial charge in [0, 0.05) is 42.2 Å². The summed E-state index contributed by atoms with van der Waals surface area (Å²) < 4.78 is 30.6. The highest BCUT2D eigenvalue weighted by molar-refractivity contribution is 7.90. The molecule has 3 aromatic rings. The van der Waals surface area contributed by atoms with Crippen molar-refractivity contribution in [1.82, 2.24) is 15.3 Å². The second-order valence-corrected chi connectivity index (χ2v) is 10.5. The number of urea groups is 1. The standard InChI is InChI=1S/C25H29N5O5S/c1-17-16-35-14-12-30(17)23-15-21(20-5-3-4-6-22(20)36(2,33)34)28-24(29-23)18-7-9-19(10-8-18)27-25(32)26-11-13-31/h3-10,15,17,31H,11-14,16H2,1-2H3,(H2,26,27,32). The summed E-state index contributed by atoms with van der Waals surface area (Å²) in [6.07, 6.45) is 1.18. The number of morpholine rings is 1. The van der Waals surface area contributed by atoms with Gasteiger partial charge in [-0.15, -0.1) is 0 Å². The van der Waals surface area contributed by atoms with Crippen LogP contribution in [0.2, 0.25) is 0 Å². The number of carbonyl (C=O) groups excluding carboxylic acids is 1. The number of nitrogens with one attached hydrogen (secondary N) is 2. The smallest absolute Gasteiger partial charge is 0.319 e. The van der Waals surface area contributed by atoms with Gasteiger partial charge in [0.25, 0.3) is 0 Å². The number of carbonyl (C=O) groups is 1. The van der Waals surface area contributed by atoms with E-state index in [9.17, 15) is 13.2 Å². The molecule has 1 aliphatic heterocycles. The lowest BCUT2D eigenvalue weighted by Gasteiger charge is -2.34. The van der Waals surface area contributed by atoms with E-state index in [4.69, 9.17) is 19.8 Å². The largest absolute Gasteiger partial charge is 0.395 e. The Balaban J connectivity index is 1.76. The highest BCUT2D eigenvalue weighted by Gasteiger charge is 2.23. The molecule has 0 bridgehead atoms. The number of aromatic nitrogens is 2. The maximum atomic E-state index is 12.5. The van der Waals surface area contributed by atoms with Gasteiger partial charge in [0.15, 0.2) is 15.7 Å². The van der Waals surface area contributed by atoms with E-state index in [1.54, 1.807) is 48.5 Å². The number of aliphatic hydroxyl groups is 1. The van der Waals surface area contributed by atoms with E-state index >= 15 is 0 Å². The number of hydrogen-bond donors (Lipinski definition) is 3. The lowest BCUT2D eigenvalue weighted by Crippen LogP contribution is -2.44. The van der Waals surface area contributed by atoms with Crippen LogP contribution in [-0.4, -0.2) is 74.7 Å². The van der Waals surface area contributed by atoms with Crippen LogP contribution >= 0.6 is 0 Å². The molecule has 4 rings (SSSR count). The fourth-order valence-corrected chi connectivity index (χ4v) is 4.86. The Hall–Kier alpha value is -3.54. The molecule has 1 atom stereocenters. The summed E-state index contributed by atoms with van der Waals surface area (Å²) in [5.41, 5.74) is 2.27. The molecule has 0 saturated carbocycles. The molecule has 1 fully saturated rings. The van der Waals surface area contributed by atoms with E-state index in [1.807, 2.05) is 13.0 Å². The van der Waals surface area contributed by atoms with Crippen LogP contribution in [0.3, 0.4) is 0 Å². The molecular formula is C25H29N5O5S. The van der Waals surface area contributed by atoms with Crippen molar-refractivity contribution < 1.29 is 23.1 Å². The predicted molar refractivity (Wildman–Crippen MR) is 138 cm³/mol. The maximum absolute atomic E-state index is 12.5. The van der Waals surface area contributed by atoms with Gasteiger partial charge >= 0.3 is 6.03 Å². The van der Waals surface area contributed by atoms with Crippen LogP contribution in [0, 0.1) is 0 Å². The Bertz CT molecular complexity index is 1330. The quantitative estimate of drug-likeness (QED) is 0.441. The molecule has 2 heterocycles. The van der Waals surface area contributed by atoms with Crippen LogP contribution in [0.5, 0.6) is 0 Å². The number of amides is 2. The van der Waals surface area contributed by atoms with Crippen LogP contribution in [0.15, 0.2) is 59.5 Å². The number of hydrogen-bond acceptors (Lipinski definition) is 8. The summed E-state index contributed by atoms with van der Waals surface area (Å²) in [6, 6.07) is 15.3. The van der Waals surface area contributed by atoms with Gasteiger partial charge in [-0.05, 0) is 37.3 Å². The van der Waals surface area contributed by atoms with Gasteiger partial charge in [0.1, 0.15) is 5.82 Å². The third kappa shape index (κ3) is 5.99. The molecule has 0 radical (unpaired) electrons. The van der Waals surface area contributed by atoms with Crippen molar-refractivity contribution in [2.45, 2.75) is 17.9 Å². The van der Waals surface area contributed by atoms with Crippen LogP contribution in [0.25, 0.3) is 22.6 Å². The Morgan fingerprint density at radius 3 is 2.61 bits per heavy atom. The first-order valence-corrected chi connectivity index (χ1v) is 13.4. The first-order chi connectivity index (χ1) is 17.3. The summed E-state index contributed by atoms with van der Waals surface area (Å²) in [7, 11) is -3.49. The Labute approximate surface area is 210 Å². The number of nitrogens with zero attached hydrogens (tertiary/aromatic N) is 3. The number of sulfone groups is 1. The normalized spacial score (nSPS) is 16.0. The van der Waals surface area contributed by atoms with Crippen molar-refractivity contribution in [3.63, 3.8) is 0 Å². The zero-order chi connectivity index (χ0) is 25.7. The van der Waals surface area contributed by atoms with E-state index in [0.29, 0.717) is 53.9 Å². The summed E-state index contributed by atoms with van der Waals surface area (Å²) in [5.74, 6) is 1.11. The molecule has 1 unspecified atom stereocenters. The minimum Gasteiger partial charge on any atom is -0.395 e. The Morgan fingerprint density at radius 1 is 1.17 bits per heavy atom. The van der Waals surface area contributed by atoms with Crippen molar-refractivity contribution in [2.75, 3.05) is 49.4 Å². The maximum Gasteiger partial charge on any atom is 0.319 e. The van der Waals surface area contributed by atoms with E-state index in [-0.39, 0.29) is 24.1 Å². The third-order valence-corrected chi connectivity index (χ3v) is 6.89. The SMILES string of the molecule is CC1COCCN1c1cc(-c2ccccc2S(C)(=O)=O)nc(-c2ccc(NC(=O)NCCO)cc2)n1. The van der Waals surface area contributed by atoms with Crippen LogP contribution in [0.1, 0.15) is 6.92 Å².